The maximum atomic E-state index is 12.0. The molecular weight excluding hydrogens is 398 g/mol. The lowest BCUT2D eigenvalue weighted by atomic mass is 9.92. The highest BCUT2D eigenvalue weighted by molar-refractivity contribution is 9.10. The molecule has 0 saturated heterocycles. The Labute approximate surface area is 153 Å². The number of fused-ring (bicyclic) bond motifs is 1. The van der Waals surface area contributed by atoms with Gasteiger partial charge in [0.2, 0.25) is 18.3 Å². The zero-order valence-corrected chi connectivity index (χ0v) is 15.8. The molecule has 0 fully saturated rings. The third-order valence-corrected chi connectivity index (χ3v) is 4.82. The molecular formula is C16H18BrNO7. The van der Waals surface area contributed by atoms with E-state index in [9.17, 15) is 4.79 Å². The molecule has 0 spiro atoms. The number of hydrogen-bond acceptors (Lipinski definition) is 8. The van der Waals surface area contributed by atoms with Crippen LogP contribution in [0, 0.1) is 5.92 Å². The van der Waals surface area contributed by atoms with E-state index in [1.807, 2.05) is 6.92 Å². The first kappa shape index (κ1) is 17.7. The van der Waals surface area contributed by atoms with Crippen LogP contribution in [0.5, 0.6) is 23.0 Å². The summed E-state index contributed by atoms with van der Waals surface area (Å²) < 4.78 is 27.6. The molecule has 0 N–H and O–H groups in total. The molecule has 8 nitrogen and oxygen atoms in total. The van der Waals surface area contributed by atoms with Crippen LogP contribution >= 0.6 is 15.9 Å². The molecule has 9 heteroatoms. The highest BCUT2D eigenvalue weighted by Gasteiger charge is 2.42. The normalized spacial score (nSPS) is 20.8. The molecule has 136 valence electrons. The van der Waals surface area contributed by atoms with Crippen molar-refractivity contribution in [2.24, 2.45) is 11.1 Å². The van der Waals surface area contributed by atoms with Crippen molar-refractivity contribution in [3.63, 3.8) is 0 Å². The van der Waals surface area contributed by atoms with Crippen molar-refractivity contribution in [1.29, 1.82) is 0 Å². The smallest absolute Gasteiger partial charge is 0.356 e. The van der Waals surface area contributed by atoms with Crippen molar-refractivity contribution in [2.75, 3.05) is 27.6 Å². The van der Waals surface area contributed by atoms with Crippen molar-refractivity contribution in [3.8, 4) is 23.0 Å². The summed E-state index contributed by atoms with van der Waals surface area (Å²) in [7, 11) is 3.05. The third-order valence-electron chi connectivity index (χ3n) is 4.03. The summed E-state index contributed by atoms with van der Waals surface area (Å²) in [4.78, 5) is 17.6. The molecule has 0 saturated carbocycles. The van der Waals surface area contributed by atoms with E-state index in [2.05, 4.69) is 21.1 Å². The summed E-state index contributed by atoms with van der Waals surface area (Å²) in [5.74, 6) is 0.931. The zero-order chi connectivity index (χ0) is 18.1. The predicted molar refractivity (Wildman–Crippen MR) is 90.4 cm³/mol. The van der Waals surface area contributed by atoms with Crippen molar-refractivity contribution in [2.45, 2.75) is 20.0 Å². The number of esters is 1. The minimum atomic E-state index is -0.577. The fourth-order valence-corrected chi connectivity index (χ4v) is 3.61. The number of nitrogens with zero attached hydrogens (tertiary/aromatic N) is 1. The molecule has 0 radical (unpaired) electrons. The lowest BCUT2D eigenvalue weighted by molar-refractivity contribution is -0.135. The van der Waals surface area contributed by atoms with E-state index < -0.39 is 12.1 Å². The van der Waals surface area contributed by atoms with Crippen LogP contribution in [-0.4, -0.2) is 39.3 Å². The van der Waals surface area contributed by atoms with Crippen LogP contribution in [0.1, 0.15) is 25.5 Å². The molecule has 2 aliphatic heterocycles. The predicted octanol–water partition coefficient (Wildman–Crippen LogP) is 2.82. The number of carbonyl (C=O) groups excluding carboxylic acids is 1. The van der Waals surface area contributed by atoms with E-state index in [-0.39, 0.29) is 25.0 Å². The summed E-state index contributed by atoms with van der Waals surface area (Å²) in [5, 5.41) is 3.91. The van der Waals surface area contributed by atoms with Crippen molar-refractivity contribution in [3.05, 3.63) is 10.0 Å². The number of halogens is 1. The first-order valence-electron chi connectivity index (χ1n) is 7.68. The molecule has 0 aliphatic carbocycles. The lowest BCUT2D eigenvalue weighted by Gasteiger charge is -2.21. The second kappa shape index (κ2) is 6.99. The summed E-state index contributed by atoms with van der Waals surface area (Å²) >= 11 is 3.52. The van der Waals surface area contributed by atoms with E-state index in [0.717, 1.165) is 0 Å². The monoisotopic (exact) mass is 415 g/mol. The molecule has 1 aromatic carbocycles. The van der Waals surface area contributed by atoms with E-state index in [1.54, 1.807) is 6.92 Å². The van der Waals surface area contributed by atoms with Gasteiger partial charge in [-0.05, 0) is 22.9 Å². The number of carbonyl (C=O) groups is 1. The quantitative estimate of drug-likeness (QED) is 0.683. The van der Waals surface area contributed by atoms with Crippen molar-refractivity contribution in [1.82, 2.24) is 0 Å². The second-order valence-corrected chi connectivity index (χ2v) is 6.16. The molecule has 2 atom stereocenters. The van der Waals surface area contributed by atoms with Gasteiger partial charge in [-0.15, -0.1) is 0 Å². The minimum Gasteiger partial charge on any atom is -0.492 e. The Morgan fingerprint density at radius 1 is 1.24 bits per heavy atom. The average Bonchev–Trinajstić information content (AvgIpc) is 3.21. The summed E-state index contributed by atoms with van der Waals surface area (Å²) in [6.45, 7) is 3.89. The van der Waals surface area contributed by atoms with Gasteiger partial charge >= 0.3 is 5.97 Å². The Morgan fingerprint density at radius 3 is 2.48 bits per heavy atom. The number of ether oxygens (including phenoxy) is 5. The Hall–Kier alpha value is -2.16. The maximum Gasteiger partial charge on any atom is 0.356 e. The van der Waals surface area contributed by atoms with E-state index in [1.165, 1.54) is 14.2 Å². The molecule has 25 heavy (non-hydrogen) atoms. The molecule has 0 amide bonds. The number of hydrogen-bond donors (Lipinski definition) is 0. The number of benzene rings is 1. The fourth-order valence-electron chi connectivity index (χ4n) is 2.86. The Bertz CT molecular complexity index is 734. The van der Waals surface area contributed by atoms with Crippen LogP contribution < -0.4 is 18.9 Å². The van der Waals surface area contributed by atoms with Crippen LogP contribution in [0.25, 0.3) is 0 Å². The van der Waals surface area contributed by atoms with Gasteiger partial charge in [-0.25, -0.2) is 4.79 Å². The van der Waals surface area contributed by atoms with Crippen LogP contribution in [0.2, 0.25) is 0 Å². The van der Waals surface area contributed by atoms with Crippen molar-refractivity contribution < 1.29 is 33.3 Å². The largest absolute Gasteiger partial charge is 0.492 e. The van der Waals surface area contributed by atoms with Crippen LogP contribution in [0.4, 0.5) is 0 Å². The van der Waals surface area contributed by atoms with E-state index in [4.69, 9.17) is 28.5 Å². The molecule has 0 unspecified atom stereocenters. The van der Waals surface area contributed by atoms with Crippen LogP contribution in [0.15, 0.2) is 9.63 Å². The van der Waals surface area contributed by atoms with Crippen LogP contribution in [0.3, 0.4) is 0 Å². The molecule has 2 aliphatic rings. The molecule has 1 aromatic rings. The van der Waals surface area contributed by atoms with Gasteiger partial charge in [0.1, 0.15) is 0 Å². The summed E-state index contributed by atoms with van der Waals surface area (Å²) in [5.41, 5.74) is 0.844. The molecule has 2 heterocycles. The fraction of sp³-hybridized carbons (Fsp3) is 0.500. The van der Waals surface area contributed by atoms with Gasteiger partial charge in [0.05, 0.1) is 36.8 Å². The van der Waals surface area contributed by atoms with Gasteiger partial charge in [-0.2, -0.15) is 0 Å². The molecule has 3 rings (SSSR count). The van der Waals surface area contributed by atoms with Gasteiger partial charge in [0.15, 0.2) is 23.3 Å². The lowest BCUT2D eigenvalue weighted by Crippen LogP contribution is -2.24. The van der Waals surface area contributed by atoms with E-state index in [0.29, 0.717) is 33.0 Å². The third kappa shape index (κ3) is 2.76. The SMILES string of the molecule is CCOC(=O)C1=NO[C@H](c2c(Br)c(OC)c3c(c2OC)OCO3)[C@@H]1C. The minimum absolute atomic E-state index is 0.0591. The van der Waals surface area contributed by atoms with Crippen molar-refractivity contribution >= 4 is 27.6 Å². The highest BCUT2D eigenvalue weighted by Crippen LogP contribution is 2.57. The first-order valence-corrected chi connectivity index (χ1v) is 8.48. The summed E-state index contributed by atoms with van der Waals surface area (Å²) in [6.07, 6.45) is -0.577. The van der Waals surface area contributed by atoms with Gasteiger partial charge in [-0.1, -0.05) is 12.1 Å². The molecule has 0 aromatic heterocycles. The number of oxime groups is 1. The van der Waals surface area contributed by atoms with Gasteiger partial charge < -0.3 is 28.5 Å². The Morgan fingerprint density at radius 2 is 1.88 bits per heavy atom. The zero-order valence-electron chi connectivity index (χ0n) is 14.3. The van der Waals surface area contributed by atoms with E-state index >= 15 is 0 Å². The standard InChI is InChI=1S/C16H18BrNO7/c1-5-22-16(19)10-7(2)11(25-18-10)8-9(17)13(21-4)15-14(12(8)20-3)23-6-24-15/h7,11H,5-6H2,1-4H3/t7-,11+/m1/s1. The topological polar surface area (TPSA) is 84.8 Å². The van der Waals surface area contributed by atoms with Gasteiger partial charge in [0.25, 0.3) is 0 Å². The van der Waals surface area contributed by atoms with Gasteiger partial charge in [-0.3, -0.25) is 0 Å². The van der Waals surface area contributed by atoms with Crippen LogP contribution in [-0.2, 0) is 14.4 Å². The summed E-state index contributed by atoms with van der Waals surface area (Å²) in [6, 6.07) is 0. The number of methoxy groups -OCH3 is 2. The first-order chi connectivity index (χ1) is 12.0. The molecule has 0 bridgehead atoms. The Kier molecular flexibility index (Phi) is 4.94. The van der Waals surface area contributed by atoms with Gasteiger partial charge in [0, 0.05) is 0 Å². The highest BCUT2D eigenvalue weighted by atomic mass is 79.9. The second-order valence-electron chi connectivity index (χ2n) is 5.37. The maximum absolute atomic E-state index is 12.0. The number of rotatable bonds is 5. The Balaban J connectivity index is 2.05. The average molecular weight is 416 g/mol.